The Morgan fingerprint density at radius 1 is 0.650 bits per heavy atom. The van der Waals surface area contributed by atoms with Gasteiger partial charge >= 0.3 is 5.97 Å². The van der Waals surface area contributed by atoms with Crippen molar-refractivity contribution in [1.82, 2.24) is 0 Å². The summed E-state index contributed by atoms with van der Waals surface area (Å²) in [6, 6.07) is 0. The van der Waals surface area contributed by atoms with Crippen LogP contribution in [0.2, 0.25) is 0 Å². The minimum atomic E-state index is -0.833. The Balaban J connectivity index is 0.000000109. The van der Waals surface area contributed by atoms with E-state index < -0.39 is 11.1 Å². The van der Waals surface area contributed by atoms with Crippen LogP contribution in [0.3, 0.4) is 0 Å². The minimum absolute atomic E-state index is 0.00421. The van der Waals surface area contributed by atoms with E-state index in [9.17, 15) is 14.9 Å². The molecule has 220 valence electrons. The number of carboxylic acids is 1. The molecule has 14 aliphatic carbocycles. The molecule has 0 aromatic heterocycles. The van der Waals surface area contributed by atoms with Gasteiger partial charge in [0.05, 0.1) is 0 Å². The summed E-state index contributed by atoms with van der Waals surface area (Å²) in [6.45, 7) is 2.70. The van der Waals surface area contributed by atoms with Gasteiger partial charge in [0.2, 0.25) is 0 Å². The molecule has 16 bridgehead atoms. The smallest absolute Gasteiger partial charge is 0.303 e. The first-order valence-corrected chi connectivity index (χ1v) is 16.3. The SMILES string of the molecule is CC(=O)O.CC(=O)OC12CC3CC4C5CC(CC41)CC2C5C3.O=[N+]([O-])OC12CC3CC4C5CC(CC41)CC2C5C3. The second kappa shape index (κ2) is 8.59. The fourth-order valence-electron chi connectivity index (χ4n) is 14.5. The summed E-state index contributed by atoms with van der Waals surface area (Å²) < 4.78 is 6.05. The van der Waals surface area contributed by atoms with Gasteiger partial charge in [0.15, 0.2) is 0 Å². The molecule has 0 radical (unpaired) electrons. The van der Waals surface area contributed by atoms with Crippen molar-refractivity contribution in [1.29, 1.82) is 0 Å². The number of carbonyl (C=O) groups is 2. The van der Waals surface area contributed by atoms with E-state index in [1.807, 2.05) is 0 Å². The summed E-state index contributed by atoms with van der Waals surface area (Å²) in [7, 11) is 0. The van der Waals surface area contributed by atoms with Crippen LogP contribution in [-0.2, 0) is 19.2 Å². The third-order valence-corrected chi connectivity index (χ3v) is 14.6. The van der Waals surface area contributed by atoms with E-state index in [1.54, 1.807) is 6.92 Å². The predicted octanol–water partition coefficient (Wildman–Crippen LogP) is 5.76. The Morgan fingerprint density at radius 3 is 1.38 bits per heavy atom. The van der Waals surface area contributed by atoms with Crippen LogP contribution in [0.4, 0.5) is 0 Å². The molecule has 8 nitrogen and oxygen atoms in total. The maximum absolute atomic E-state index is 11.6. The molecule has 0 spiro atoms. The lowest BCUT2D eigenvalue weighted by atomic mass is 9.34. The van der Waals surface area contributed by atoms with E-state index in [0.717, 1.165) is 84.4 Å². The van der Waals surface area contributed by atoms with Gasteiger partial charge in [-0.15, -0.1) is 10.1 Å². The van der Waals surface area contributed by atoms with Gasteiger partial charge in [0.1, 0.15) is 11.2 Å². The average molecular weight is 556 g/mol. The highest BCUT2D eigenvalue weighted by Gasteiger charge is 2.73. The highest BCUT2D eigenvalue weighted by atomic mass is 17.0. The van der Waals surface area contributed by atoms with Crippen molar-refractivity contribution in [2.45, 2.75) is 102 Å². The van der Waals surface area contributed by atoms with Crippen molar-refractivity contribution in [3.8, 4) is 0 Å². The van der Waals surface area contributed by atoms with Gasteiger partial charge in [-0.05, 0) is 148 Å². The molecule has 14 saturated carbocycles. The molecule has 0 aromatic carbocycles. The maximum Gasteiger partial charge on any atom is 0.303 e. The van der Waals surface area contributed by atoms with Crippen molar-refractivity contribution in [2.24, 2.45) is 82.9 Å². The molecule has 0 aliphatic heterocycles. The largest absolute Gasteiger partial charge is 0.481 e. The van der Waals surface area contributed by atoms with Gasteiger partial charge in [0, 0.05) is 25.7 Å². The van der Waals surface area contributed by atoms with E-state index in [4.69, 9.17) is 19.5 Å². The second-order valence-electron chi connectivity index (χ2n) is 16.0. The second-order valence-corrected chi connectivity index (χ2v) is 16.0. The van der Waals surface area contributed by atoms with E-state index in [0.29, 0.717) is 11.8 Å². The van der Waals surface area contributed by atoms with Crippen molar-refractivity contribution in [3.05, 3.63) is 10.1 Å². The van der Waals surface area contributed by atoms with Crippen molar-refractivity contribution in [2.75, 3.05) is 0 Å². The van der Waals surface area contributed by atoms with Crippen LogP contribution in [0.1, 0.15) is 90.9 Å². The Hall–Kier alpha value is -1.86. The fourth-order valence-corrected chi connectivity index (χ4v) is 14.5. The predicted molar refractivity (Wildman–Crippen MR) is 143 cm³/mol. The maximum atomic E-state index is 11.6. The van der Waals surface area contributed by atoms with Crippen molar-refractivity contribution in [3.63, 3.8) is 0 Å². The summed E-state index contributed by atoms with van der Waals surface area (Å²) in [5.41, 5.74) is -0.358. The number of nitrogens with zero attached hydrogens (tertiary/aromatic N) is 1. The summed E-state index contributed by atoms with van der Waals surface area (Å²) >= 11 is 0. The highest BCUT2D eigenvalue weighted by molar-refractivity contribution is 5.67. The number of hydrogen-bond acceptors (Lipinski definition) is 6. The molecule has 0 aromatic rings. The highest BCUT2D eigenvalue weighted by Crippen LogP contribution is 2.75. The van der Waals surface area contributed by atoms with Gasteiger partial charge in [-0.25, -0.2) is 0 Å². The number of ether oxygens (including phenoxy) is 1. The molecule has 1 N–H and O–H groups in total. The summed E-state index contributed by atoms with van der Waals surface area (Å²) in [5.74, 6) is 10.3. The van der Waals surface area contributed by atoms with Crippen LogP contribution < -0.4 is 0 Å². The summed E-state index contributed by atoms with van der Waals surface area (Å²) in [5, 5.41) is 17.9. The summed E-state index contributed by atoms with van der Waals surface area (Å²) in [4.78, 5) is 37.0. The van der Waals surface area contributed by atoms with Crippen LogP contribution in [0.25, 0.3) is 0 Å². The molecule has 14 aliphatic rings. The molecule has 40 heavy (non-hydrogen) atoms. The number of hydrogen-bond donors (Lipinski definition) is 1. The van der Waals surface area contributed by atoms with Gasteiger partial charge < -0.3 is 14.7 Å². The molecular formula is C32H45NO7. The molecule has 0 amide bonds. The van der Waals surface area contributed by atoms with Crippen LogP contribution in [0, 0.1) is 93.0 Å². The Labute approximate surface area is 236 Å². The van der Waals surface area contributed by atoms with E-state index in [2.05, 4.69) is 0 Å². The van der Waals surface area contributed by atoms with Crippen LogP contribution >= 0.6 is 0 Å². The van der Waals surface area contributed by atoms with Gasteiger partial charge in [-0.2, -0.15) is 0 Å². The zero-order valence-electron chi connectivity index (χ0n) is 23.9. The molecular weight excluding hydrogens is 510 g/mol. The number of rotatable bonds is 3. The average Bonchev–Trinajstić information content (AvgIpc) is 2.89. The van der Waals surface area contributed by atoms with Gasteiger partial charge in [-0.3, -0.25) is 9.59 Å². The lowest BCUT2D eigenvalue weighted by Crippen LogP contribution is -2.72. The first-order chi connectivity index (χ1) is 19.1. The van der Waals surface area contributed by atoms with Gasteiger partial charge in [0.25, 0.3) is 11.1 Å². The molecule has 14 fully saturated rings. The molecule has 8 atom stereocenters. The number of esters is 1. The monoisotopic (exact) mass is 555 g/mol. The van der Waals surface area contributed by atoms with Crippen LogP contribution in [0.15, 0.2) is 0 Å². The normalized spacial score (nSPS) is 56.8. The van der Waals surface area contributed by atoms with Crippen LogP contribution in [0.5, 0.6) is 0 Å². The Kier molecular flexibility index (Phi) is 5.55. The molecule has 14 rings (SSSR count). The zero-order valence-corrected chi connectivity index (χ0v) is 23.9. The number of aliphatic carboxylic acids is 1. The molecule has 0 heterocycles. The first kappa shape index (κ1) is 25.8. The molecule has 8 unspecified atom stereocenters. The topological polar surface area (TPSA) is 116 Å². The molecule has 8 heteroatoms. The number of carbonyl (C=O) groups excluding carboxylic acids is 1. The minimum Gasteiger partial charge on any atom is -0.481 e. The van der Waals surface area contributed by atoms with Gasteiger partial charge in [-0.1, -0.05) is 0 Å². The van der Waals surface area contributed by atoms with E-state index in [-0.39, 0.29) is 17.2 Å². The molecule has 0 saturated heterocycles. The van der Waals surface area contributed by atoms with Crippen molar-refractivity contribution < 1.29 is 29.4 Å². The van der Waals surface area contributed by atoms with E-state index >= 15 is 0 Å². The lowest BCUT2D eigenvalue weighted by molar-refractivity contribution is -0.793. The Bertz CT molecular complexity index is 991. The Morgan fingerprint density at radius 2 is 1.00 bits per heavy atom. The lowest BCUT2D eigenvalue weighted by Gasteiger charge is -2.73. The standard InChI is InChI=1S/C16H22O2.C14H19NO3.C2H4O2/c1-8(17)18-16-7-10-3-12-11-2-9(5-14(12)16)6-15(16)13(11)4-10;16-15(17)18-14-6-8-2-10-9-1-7(4-12(10)14)5-13(14)11(9)3-8;1-2(3)4/h9-15H,2-7H2,1H3;7-13H,1-6H2;1H3,(H,3,4). The first-order valence-electron chi connectivity index (χ1n) is 16.3. The quantitative estimate of drug-likeness (QED) is 0.267. The fraction of sp³-hybridized carbons (Fsp3) is 0.938. The van der Waals surface area contributed by atoms with Crippen LogP contribution in [-0.4, -0.2) is 33.3 Å². The summed E-state index contributed by atoms with van der Waals surface area (Å²) in [6.07, 6.45) is 15.9. The third kappa shape index (κ3) is 3.43. The number of carboxylic acid groups (broad SMARTS) is 1. The third-order valence-electron chi connectivity index (χ3n) is 14.6. The van der Waals surface area contributed by atoms with E-state index in [1.165, 1.54) is 70.6 Å². The zero-order chi connectivity index (χ0) is 27.7. The van der Waals surface area contributed by atoms with Crippen molar-refractivity contribution >= 4 is 11.9 Å².